The number of rotatable bonds is 4. The molecule has 1 aliphatic rings. The Morgan fingerprint density at radius 1 is 1.04 bits per heavy atom. The van der Waals surface area contributed by atoms with E-state index in [4.69, 9.17) is 4.18 Å². The minimum Gasteiger partial charge on any atom is -0.379 e. The molecule has 0 bridgehead atoms. The van der Waals surface area contributed by atoms with Crippen molar-refractivity contribution in [3.05, 3.63) is 59.2 Å². The van der Waals surface area contributed by atoms with Crippen molar-refractivity contribution in [2.75, 3.05) is 13.1 Å². The standard InChI is InChI=1S/C21H25NO4S/c1-15-10-12-22(13-11-15)21(23)18-6-8-19(9-7-18)26-27(24,25)20-14-16(2)4-5-17(20)3/h4-9,14-15H,10-13H2,1-3H3. The molecule has 0 saturated carbocycles. The number of piperidine rings is 1. The van der Waals surface area contributed by atoms with Gasteiger partial charge in [-0.25, -0.2) is 0 Å². The number of carbonyl (C=O) groups is 1. The van der Waals surface area contributed by atoms with Gasteiger partial charge in [0.15, 0.2) is 0 Å². The van der Waals surface area contributed by atoms with E-state index in [-0.39, 0.29) is 16.6 Å². The first kappa shape index (κ1) is 19.4. The average Bonchev–Trinajstić information content (AvgIpc) is 2.64. The maximum absolute atomic E-state index is 12.6. The summed E-state index contributed by atoms with van der Waals surface area (Å²) in [6.07, 6.45) is 2.03. The predicted molar refractivity (Wildman–Crippen MR) is 104 cm³/mol. The van der Waals surface area contributed by atoms with E-state index in [0.29, 0.717) is 17.0 Å². The summed E-state index contributed by atoms with van der Waals surface area (Å²) in [6.45, 7) is 7.29. The summed E-state index contributed by atoms with van der Waals surface area (Å²) >= 11 is 0. The summed E-state index contributed by atoms with van der Waals surface area (Å²) < 4.78 is 30.4. The van der Waals surface area contributed by atoms with E-state index in [1.807, 2.05) is 17.9 Å². The molecule has 1 fully saturated rings. The molecule has 2 aromatic rings. The molecule has 3 rings (SSSR count). The Hall–Kier alpha value is -2.34. The first-order valence-corrected chi connectivity index (χ1v) is 10.6. The predicted octanol–water partition coefficient (Wildman–Crippen LogP) is 3.94. The van der Waals surface area contributed by atoms with Gasteiger partial charge in [-0.2, -0.15) is 8.42 Å². The van der Waals surface area contributed by atoms with Gasteiger partial charge in [-0.1, -0.05) is 19.1 Å². The van der Waals surface area contributed by atoms with Crippen molar-refractivity contribution in [1.82, 2.24) is 4.90 Å². The highest BCUT2D eigenvalue weighted by Gasteiger charge is 2.22. The molecule has 2 aromatic carbocycles. The second kappa shape index (κ2) is 7.72. The summed E-state index contributed by atoms with van der Waals surface area (Å²) in [5.41, 5.74) is 2.02. The van der Waals surface area contributed by atoms with Gasteiger partial charge < -0.3 is 9.08 Å². The van der Waals surface area contributed by atoms with Crippen LogP contribution in [0.1, 0.15) is 41.3 Å². The normalized spacial score (nSPS) is 15.6. The number of likely N-dealkylation sites (tertiary alicyclic amines) is 1. The Kier molecular flexibility index (Phi) is 5.56. The van der Waals surface area contributed by atoms with E-state index >= 15 is 0 Å². The van der Waals surface area contributed by atoms with Crippen molar-refractivity contribution in [1.29, 1.82) is 0 Å². The van der Waals surface area contributed by atoms with Crippen molar-refractivity contribution in [2.24, 2.45) is 5.92 Å². The number of aryl methyl sites for hydroxylation is 2. The zero-order chi connectivity index (χ0) is 19.6. The van der Waals surface area contributed by atoms with E-state index in [9.17, 15) is 13.2 Å². The van der Waals surface area contributed by atoms with Crippen molar-refractivity contribution in [3.63, 3.8) is 0 Å². The topological polar surface area (TPSA) is 63.7 Å². The van der Waals surface area contributed by atoms with Gasteiger partial charge in [0.25, 0.3) is 5.91 Å². The van der Waals surface area contributed by atoms with Crippen LogP contribution in [0.3, 0.4) is 0 Å². The third-order valence-electron chi connectivity index (χ3n) is 4.99. The van der Waals surface area contributed by atoms with Crippen molar-refractivity contribution in [3.8, 4) is 5.75 Å². The molecule has 144 valence electrons. The van der Waals surface area contributed by atoms with E-state index < -0.39 is 10.1 Å². The average molecular weight is 388 g/mol. The SMILES string of the molecule is Cc1ccc(C)c(S(=O)(=O)Oc2ccc(C(=O)N3CCC(C)CC3)cc2)c1. The van der Waals surface area contributed by atoms with E-state index in [2.05, 4.69) is 6.92 Å². The molecule has 1 aliphatic heterocycles. The van der Waals surface area contributed by atoms with Crippen LogP contribution in [0.4, 0.5) is 0 Å². The van der Waals surface area contributed by atoms with Gasteiger partial charge in [0.1, 0.15) is 10.6 Å². The molecule has 1 saturated heterocycles. The molecule has 0 spiro atoms. The molecule has 0 N–H and O–H groups in total. The number of carbonyl (C=O) groups excluding carboxylic acids is 1. The van der Waals surface area contributed by atoms with Gasteiger partial charge >= 0.3 is 10.1 Å². The fraction of sp³-hybridized carbons (Fsp3) is 0.381. The lowest BCUT2D eigenvalue weighted by Crippen LogP contribution is -2.37. The molecule has 0 unspecified atom stereocenters. The monoisotopic (exact) mass is 387 g/mol. The van der Waals surface area contributed by atoms with Crippen LogP contribution in [0.15, 0.2) is 47.4 Å². The second-order valence-electron chi connectivity index (χ2n) is 7.31. The van der Waals surface area contributed by atoms with E-state index in [1.165, 1.54) is 12.1 Å². The number of hydrogen-bond donors (Lipinski definition) is 0. The zero-order valence-corrected chi connectivity index (χ0v) is 16.8. The van der Waals surface area contributed by atoms with Gasteiger partial charge in [0.2, 0.25) is 0 Å². The van der Waals surface area contributed by atoms with Crippen molar-refractivity contribution in [2.45, 2.75) is 38.5 Å². The van der Waals surface area contributed by atoms with Gasteiger partial charge in [-0.05, 0) is 74.1 Å². The first-order chi connectivity index (χ1) is 12.8. The summed E-state index contributed by atoms with van der Waals surface area (Å²) in [6, 6.07) is 11.5. The Morgan fingerprint density at radius 3 is 2.30 bits per heavy atom. The van der Waals surface area contributed by atoms with Crippen LogP contribution in [0.5, 0.6) is 5.75 Å². The summed E-state index contributed by atoms with van der Waals surface area (Å²) in [5.74, 6) is 0.825. The molecule has 1 amide bonds. The summed E-state index contributed by atoms with van der Waals surface area (Å²) in [7, 11) is -3.92. The van der Waals surface area contributed by atoms with Crippen molar-refractivity contribution < 1.29 is 17.4 Å². The van der Waals surface area contributed by atoms with E-state index in [1.54, 1.807) is 31.2 Å². The smallest absolute Gasteiger partial charge is 0.339 e. The fourth-order valence-corrected chi connectivity index (χ4v) is 4.44. The Morgan fingerprint density at radius 2 is 1.67 bits per heavy atom. The van der Waals surface area contributed by atoms with Crippen LogP contribution in [0, 0.1) is 19.8 Å². The molecule has 1 heterocycles. The highest BCUT2D eigenvalue weighted by atomic mass is 32.2. The Labute approximate surface area is 161 Å². The van der Waals surface area contributed by atoms with Crippen LogP contribution >= 0.6 is 0 Å². The molecule has 0 aliphatic carbocycles. The molecule has 5 nitrogen and oxygen atoms in total. The second-order valence-corrected chi connectivity index (χ2v) is 8.82. The number of amides is 1. The maximum Gasteiger partial charge on any atom is 0.339 e. The largest absolute Gasteiger partial charge is 0.379 e. The quantitative estimate of drug-likeness (QED) is 0.746. The summed E-state index contributed by atoms with van der Waals surface area (Å²) in [5, 5.41) is 0. The van der Waals surface area contributed by atoms with Crippen LogP contribution in [-0.2, 0) is 10.1 Å². The van der Waals surface area contributed by atoms with Crippen LogP contribution in [0.25, 0.3) is 0 Å². The molecular formula is C21H25NO4S. The minimum atomic E-state index is -3.92. The van der Waals surface area contributed by atoms with Crippen LogP contribution in [0.2, 0.25) is 0 Å². The molecule has 0 radical (unpaired) electrons. The van der Waals surface area contributed by atoms with E-state index in [0.717, 1.165) is 31.5 Å². The van der Waals surface area contributed by atoms with Crippen LogP contribution in [-0.4, -0.2) is 32.3 Å². The molecule has 0 atom stereocenters. The highest BCUT2D eigenvalue weighted by Crippen LogP contribution is 2.24. The third-order valence-corrected chi connectivity index (χ3v) is 6.38. The first-order valence-electron chi connectivity index (χ1n) is 9.17. The minimum absolute atomic E-state index is 0.0224. The maximum atomic E-state index is 12.6. The number of benzene rings is 2. The highest BCUT2D eigenvalue weighted by molar-refractivity contribution is 7.87. The van der Waals surface area contributed by atoms with Gasteiger partial charge in [0, 0.05) is 18.7 Å². The van der Waals surface area contributed by atoms with Crippen molar-refractivity contribution >= 4 is 16.0 Å². The molecule has 27 heavy (non-hydrogen) atoms. The lowest BCUT2D eigenvalue weighted by molar-refractivity contribution is 0.0697. The van der Waals surface area contributed by atoms with Gasteiger partial charge in [0.05, 0.1) is 0 Å². The molecule has 0 aromatic heterocycles. The van der Waals surface area contributed by atoms with Gasteiger partial charge in [-0.15, -0.1) is 0 Å². The lowest BCUT2D eigenvalue weighted by atomic mass is 9.98. The number of hydrogen-bond acceptors (Lipinski definition) is 4. The summed E-state index contributed by atoms with van der Waals surface area (Å²) in [4.78, 5) is 14.6. The Bertz CT molecular complexity index is 927. The number of nitrogens with zero attached hydrogens (tertiary/aromatic N) is 1. The van der Waals surface area contributed by atoms with Crippen LogP contribution < -0.4 is 4.18 Å². The molecular weight excluding hydrogens is 362 g/mol. The lowest BCUT2D eigenvalue weighted by Gasteiger charge is -2.30. The Balaban J connectivity index is 1.74. The third kappa shape index (κ3) is 4.50. The molecule has 6 heteroatoms. The zero-order valence-electron chi connectivity index (χ0n) is 15.9. The van der Waals surface area contributed by atoms with Gasteiger partial charge in [-0.3, -0.25) is 4.79 Å². The fourth-order valence-electron chi connectivity index (χ4n) is 3.20.